The van der Waals surface area contributed by atoms with Gasteiger partial charge in [-0.25, -0.2) is 29.9 Å². The molecule has 9 aromatic rings. The first-order valence-electron chi connectivity index (χ1n) is 17.2. The van der Waals surface area contributed by atoms with Crippen molar-refractivity contribution in [2.45, 2.75) is 0 Å². The number of pyridine rings is 2. The van der Waals surface area contributed by atoms with Gasteiger partial charge in [0.2, 0.25) is 0 Å². The summed E-state index contributed by atoms with van der Waals surface area (Å²) in [6.07, 6.45) is 6.69. The van der Waals surface area contributed by atoms with Crippen molar-refractivity contribution in [1.82, 2.24) is 49.8 Å². The third kappa shape index (κ3) is 4.85. The molecule has 11 rings (SSSR count). The van der Waals surface area contributed by atoms with Gasteiger partial charge in [-0.3, -0.25) is 9.97 Å². The van der Waals surface area contributed by atoms with E-state index in [4.69, 9.17) is 39.4 Å². The van der Waals surface area contributed by atoms with Crippen LogP contribution in [0, 0.1) is 0 Å². The molecule has 0 fully saturated rings. The number of nitrogens with one attached hydrogen (secondary N) is 2. The zero-order valence-electron chi connectivity index (χ0n) is 28.1. The van der Waals surface area contributed by atoms with Crippen LogP contribution < -0.4 is 9.47 Å². The Labute approximate surface area is 305 Å². The van der Waals surface area contributed by atoms with E-state index in [1.807, 2.05) is 84.9 Å². The number of aromatic nitrogens is 10. The van der Waals surface area contributed by atoms with Crippen LogP contribution in [0.25, 0.3) is 89.7 Å². The molecule has 0 saturated carbocycles. The van der Waals surface area contributed by atoms with Crippen LogP contribution in [0.3, 0.4) is 0 Å². The summed E-state index contributed by atoms with van der Waals surface area (Å²) in [5, 5.41) is 3.19. The number of hydrogen-bond acceptors (Lipinski definition) is 10. The lowest BCUT2D eigenvalue weighted by atomic mass is 10.1. The second-order valence-corrected chi connectivity index (χ2v) is 12.6. The molecule has 54 heavy (non-hydrogen) atoms. The second-order valence-electron chi connectivity index (χ2n) is 12.6. The highest BCUT2D eigenvalue weighted by molar-refractivity contribution is 6.10. The van der Waals surface area contributed by atoms with Gasteiger partial charge in [-0.1, -0.05) is 72.8 Å². The first-order chi connectivity index (χ1) is 26.7. The molecule has 5 aromatic heterocycles. The molecule has 4 aromatic carbocycles. The highest BCUT2D eigenvalue weighted by Gasteiger charge is 2.24. The van der Waals surface area contributed by atoms with Crippen LogP contribution in [-0.2, 0) is 0 Å². The summed E-state index contributed by atoms with van der Waals surface area (Å²) in [6.45, 7) is 0. The van der Waals surface area contributed by atoms with E-state index in [0.717, 1.165) is 38.4 Å². The molecule has 2 N–H and O–H groups in total. The molecule has 7 heterocycles. The molecule has 0 radical (unpaired) electrons. The second kappa shape index (κ2) is 11.9. The molecule has 0 amide bonds. The highest BCUT2D eigenvalue weighted by Crippen LogP contribution is 2.44. The largest absolute Gasteiger partial charge is 0.453 e. The van der Waals surface area contributed by atoms with Gasteiger partial charge in [0.1, 0.15) is 34.1 Å². The smallest absolute Gasteiger partial charge is 0.181 e. The maximum absolute atomic E-state index is 6.65. The molecule has 0 spiro atoms. The Kier molecular flexibility index (Phi) is 6.55. The van der Waals surface area contributed by atoms with E-state index in [2.05, 4.69) is 19.9 Å². The summed E-state index contributed by atoms with van der Waals surface area (Å²) >= 11 is 0. The Bertz CT molecular complexity index is 3120. The van der Waals surface area contributed by atoms with Crippen molar-refractivity contribution in [1.29, 1.82) is 0 Å². The van der Waals surface area contributed by atoms with Crippen molar-refractivity contribution >= 4 is 44.1 Å². The van der Waals surface area contributed by atoms with Crippen LogP contribution in [0.15, 0.2) is 134 Å². The summed E-state index contributed by atoms with van der Waals surface area (Å²) in [5.74, 6) is 4.06. The maximum Gasteiger partial charge on any atom is 0.181 e. The Morgan fingerprint density at radius 1 is 0.370 bits per heavy atom. The van der Waals surface area contributed by atoms with Crippen molar-refractivity contribution < 1.29 is 9.47 Å². The van der Waals surface area contributed by atoms with Crippen LogP contribution in [0.5, 0.6) is 23.0 Å². The number of nitrogens with zero attached hydrogens (tertiary/aromatic N) is 8. The fraction of sp³-hybridized carbons (Fsp3) is 0. The first kappa shape index (κ1) is 29.8. The maximum atomic E-state index is 6.65. The molecule has 0 unspecified atom stereocenters. The van der Waals surface area contributed by atoms with Crippen LogP contribution in [-0.4, -0.2) is 49.8 Å². The summed E-state index contributed by atoms with van der Waals surface area (Å²) in [7, 11) is 0. The predicted octanol–water partition coefficient (Wildman–Crippen LogP) is 9.24. The van der Waals surface area contributed by atoms with E-state index in [9.17, 15) is 0 Å². The fourth-order valence-corrected chi connectivity index (χ4v) is 6.92. The Balaban J connectivity index is 1.29. The van der Waals surface area contributed by atoms with Gasteiger partial charge in [-0.15, -0.1) is 0 Å². The van der Waals surface area contributed by atoms with E-state index in [-0.39, 0.29) is 0 Å². The average molecular weight is 701 g/mol. The fourth-order valence-electron chi connectivity index (χ4n) is 6.92. The van der Waals surface area contributed by atoms with Gasteiger partial charge in [-0.2, -0.15) is 0 Å². The van der Waals surface area contributed by atoms with Crippen LogP contribution >= 0.6 is 0 Å². The minimum absolute atomic E-state index is 0.423. The van der Waals surface area contributed by atoms with Crippen LogP contribution in [0.2, 0.25) is 0 Å². The van der Waals surface area contributed by atoms with Crippen molar-refractivity contribution in [3.63, 3.8) is 0 Å². The SMILES string of the molecule is c1ccc2c(c1)-c1nc-2nc2[nH]c(nc3nc(nc4[nH]c(n1)c1ccccc41)-c1ccccc1-3)c1c(Oc3ccncc3)c(Oc3ccncc3)ccc21. The molecular weight excluding hydrogens is 677 g/mol. The molecule has 0 aliphatic carbocycles. The van der Waals surface area contributed by atoms with Gasteiger partial charge in [0.25, 0.3) is 0 Å². The summed E-state index contributed by atoms with van der Waals surface area (Å²) < 4.78 is 13.1. The van der Waals surface area contributed by atoms with E-state index >= 15 is 0 Å². The van der Waals surface area contributed by atoms with Gasteiger partial charge in [0.05, 0.1) is 5.39 Å². The van der Waals surface area contributed by atoms with Crippen molar-refractivity contribution in [3.8, 4) is 68.5 Å². The van der Waals surface area contributed by atoms with Gasteiger partial charge in [0, 0.05) is 63.2 Å². The number of fused-ring (bicyclic) bond motifs is 20. The number of aromatic amines is 2. The molecule has 2 aliphatic heterocycles. The zero-order chi connectivity index (χ0) is 35.6. The van der Waals surface area contributed by atoms with E-state index < -0.39 is 0 Å². The standard InChI is InChI=1S/C42H24N10O2/c1-2-8-26-25(7-1)35-45-36(26)47-38-29-11-5-6-12-30(29)40(49-38)51-42-33-31(41(52-42)50-39-28-10-4-3-9-27(28)37(46-35)48-39)13-14-32(53-23-15-19-43-20-16-23)34(33)54-24-17-21-44-22-18-24/h1-22H,(H2,45,46,47,48,49,50,51,52). The predicted molar refractivity (Wildman–Crippen MR) is 205 cm³/mol. The van der Waals surface area contributed by atoms with Gasteiger partial charge in [0.15, 0.2) is 34.8 Å². The summed E-state index contributed by atoms with van der Waals surface area (Å²) in [4.78, 5) is 45.9. The molecule has 0 saturated heterocycles. The highest BCUT2D eigenvalue weighted by atomic mass is 16.5. The van der Waals surface area contributed by atoms with Gasteiger partial charge < -0.3 is 19.4 Å². The lowest BCUT2D eigenvalue weighted by molar-refractivity contribution is 0.422. The minimum Gasteiger partial charge on any atom is -0.453 e. The molecule has 8 bridgehead atoms. The zero-order valence-corrected chi connectivity index (χ0v) is 28.1. The molecule has 0 atom stereocenters. The number of H-pyrrole nitrogens is 2. The normalized spacial score (nSPS) is 11.7. The van der Waals surface area contributed by atoms with Crippen molar-refractivity contribution in [2.75, 3.05) is 0 Å². The Morgan fingerprint density at radius 2 is 0.796 bits per heavy atom. The number of rotatable bonds is 4. The topological polar surface area (TPSA) is 153 Å². The quantitative estimate of drug-likeness (QED) is 0.182. The lowest BCUT2D eigenvalue weighted by Gasteiger charge is -2.13. The molecule has 12 nitrogen and oxygen atoms in total. The third-order valence-electron chi connectivity index (χ3n) is 9.38. The third-order valence-corrected chi connectivity index (χ3v) is 9.38. The van der Waals surface area contributed by atoms with Gasteiger partial charge >= 0.3 is 0 Å². The monoisotopic (exact) mass is 700 g/mol. The van der Waals surface area contributed by atoms with Crippen molar-refractivity contribution in [3.05, 3.63) is 134 Å². The average Bonchev–Trinajstić information content (AvgIpc) is 3.95. The minimum atomic E-state index is 0.423. The molecular formula is C42H24N10O2. The van der Waals surface area contributed by atoms with Crippen molar-refractivity contribution in [2.24, 2.45) is 0 Å². The number of hydrogen-bond donors (Lipinski definition) is 2. The Hall–Kier alpha value is -7.86. The summed E-state index contributed by atoms with van der Waals surface area (Å²) in [6, 6.07) is 34.8. The number of benzene rings is 4. The Morgan fingerprint density at radius 3 is 1.31 bits per heavy atom. The molecule has 2 aliphatic rings. The molecule has 12 heteroatoms. The lowest BCUT2D eigenvalue weighted by Crippen LogP contribution is -1.92. The van der Waals surface area contributed by atoms with E-state index in [0.29, 0.717) is 74.3 Å². The first-order valence-corrected chi connectivity index (χ1v) is 17.2. The molecule has 254 valence electrons. The van der Waals surface area contributed by atoms with E-state index in [1.54, 1.807) is 49.1 Å². The van der Waals surface area contributed by atoms with E-state index in [1.165, 1.54) is 0 Å². The summed E-state index contributed by atoms with van der Waals surface area (Å²) in [5.41, 5.74) is 5.64. The van der Waals surface area contributed by atoms with Crippen LogP contribution in [0.1, 0.15) is 0 Å². The number of ether oxygens (including phenoxy) is 2. The van der Waals surface area contributed by atoms with Crippen LogP contribution in [0.4, 0.5) is 0 Å². The van der Waals surface area contributed by atoms with Gasteiger partial charge in [-0.05, 0) is 36.4 Å².